The van der Waals surface area contributed by atoms with Crippen molar-refractivity contribution in [2.24, 2.45) is 17.8 Å². The van der Waals surface area contributed by atoms with Gasteiger partial charge in [-0.2, -0.15) is 0 Å². The fraction of sp³-hybridized carbons (Fsp3) is 0.606. The van der Waals surface area contributed by atoms with Gasteiger partial charge in [0, 0.05) is 17.0 Å². The van der Waals surface area contributed by atoms with Crippen molar-refractivity contribution in [3.63, 3.8) is 0 Å². The number of aryl methyl sites for hydroxylation is 2. The zero-order chi connectivity index (χ0) is 30.1. The summed E-state index contributed by atoms with van der Waals surface area (Å²) in [5.41, 5.74) is 2.73. The molecule has 224 valence electrons. The van der Waals surface area contributed by atoms with Crippen molar-refractivity contribution < 1.29 is 24.2 Å². The molecule has 4 rings (SSSR count). The van der Waals surface area contributed by atoms with Gasteiger partial charge in [-0.15, -0.1) is 24.9 Å². The Morgan fingerprint density at radius 3 is 2.46 bits per heavy atom. The maximum Gasteiger partial charge on any atom is 0.311 e. The number of benzene rings is 1. The number of esters is 1. The van der Waals surface area contributed by atoms with Crippen molar-refractivity contribution in [3.8, 4) is 0 Å². The molecule has 3 saturated heterocycles. The van der Waals surface area contributed by atoms with E-state index in [4.69, 9.17) is 4.74 Å². The number of ether oxygens (including phenoxy) is 1. The molecule has 6 atom stereocenters. The maximum atomic E-state index is 14.9. The Bertz CT molecular complexity index is 1180. The molecular weight excluding hydrogens is 536 g/mol. The molecule has 41 heavy (non-hydrogen) atoms. The zero-order valence-electron chi connectivity index (χ0n) is 25.2. The Morgan fingerprint density at radius 2 is 1.88 bits per heavy atom. The predicted octanol–water partition coefficient (Wildman–Crippen LogP) is 5.22. The molecule has 8 heteroatoms. The number of hydrogen-bond donors (Lipinski definition) is 1. The number of unbranched alkanes of at least 4 members (excludes halogenated alkanes) is 2. The molecule has 3 aliphatic rings. The number of anilines is 1. The standard InChI is InChI=1S/C33H46N2O5S/c1-8-10-11-12-19-40-31(39)26-25-29(37)35(24(20-36)21(3)4)28(33(25)17-16-32(26,7)41-33)30(38)34(18-9-2)27-22(5)14-13-15-23(27)6/h8-9,13-15,21,24-26,28,36H,1-2,10-12,16-20H2,3-7H3/t24-,25-,26+,28?,32-,33?/m0/s1. The first kappa shape index (κ1) is 31.4. The van der Waals surface area contributed by atoms with Crippen LogP contribution >= 0.6 is 11.8 Å². The number of rotatable bonds is 13. The molecule has 1 aromatic carbocycles. The molecule has 3 aliphatic heterocycles. The lowest BCUT2D eigenvalue weighted by Crippen LogP contribution is -2.58. The Hall–Kier alpha value is -2.58. The van der Waals surface area contributed by atoms with E-state index in [2.05, 4.69) is 13.2 Å². The minimum absolute atomic E-state index is 0.0874. The predicted molar refractivity (Wildman–Crippen MR) is 165 cm³/mol. The van der Waals surface area contributed by atoms with Crippen LogP contribution in [0.3, 0.4) is 0 Å². The van der Waals surface area contributed by atoms with E-state index in [0.29, 0.717) is 19.4 Å². The number of thioether (sulfide) groups is 1. The molecule has 2 bridgehead atoms. The smallest absolute Gasteiger partial charge is 0.311 e. The van der Waals surface area contributed by atoms with Crippen LogP contribution in [0.25, 0.3) is 0 Å². The molecule has 3 fully saturated rings. The van der Waals surface area contributed by atoms with Gasteiger partial charge < -0.3 is 19.6 Å². The lowest BCUT2D eigenvalue weighted by atomic mass is 9.66. The van der Waals surface area contributed by atoms with E-state index in [1.807, 2.05) is 58.9 Å². The van der Waals surface area contributed by atoms with Gasteiger partial charge in [-0.1, -0.05) is 44.2 Å². The normalized spacial score (nSPS) is 29.0. The van der Waals surface area contributed by atoms with Crippen molar-refractivity contribution in [1.29, 1.82) is 0 Å². The molecule has 3 heterocycles. The third-order valence-corrected chi connectivity index (χ3v) is 11.3. The summed E-state index contributed by atoms with van der Waals surface area (Å²) >= 11 is 1.63. The Labute approximate surface area is 249 Å². The van der Waals surface area contributed by atoms with Gasteiger partial charge in [0.2, 0.25) is 5.91 Å². The molecule has 0 saturated carbocycles. The van der Waals surface area contributed by atoms with Crippen LogP contribution in [0.2, 0.25) is 0 Å². The van der Waals surface area contributed by atoms with E-state index in [1.165, 1.54) is 0 Å². The monoisotopic (exact) mass is 582 g/mol. The number of amides is 2. The van der Waals surface area contributed by atoms with Gasteiger partial charge in [-0.25, -0.2) is 0 Å². The van der Waals surface area contributed by atoms with Gasteiger partial charge in [0.1, 0.15) is 6.04 Å². The van der Waals surface area contributed by atoms with E-state index >= 15 is 0 Å². The van der Waals surface area contributed by atoms with Gasteiger partial charge in [0.25, 0.3) is 5.91 Å². The van der Waals surface area contributed by atoms with Crippen molar-refractivity contribution in [3.05, 3.63) is 54.6 Å². The number of aliphatic hydroxyl groups excluding tert-OH is 1. The molecule has 1 aromatic rings. The summed E-state index contributed by atoms with van der Waals surface area (Å²) < 4.78 is 4.49. The second-order valence-electron chi connectivity index (χ2n) is 12.4. The summed E-state index contributed by atoms with van der Waals surface area (Å²) in [6.45, 7) is 17.9. The number of fused-ring (bicyclic) bond motifs is 1. The van der Waals surface area contributed by atoms with E-state index in [1.54, 1.807) is 27.6 Å². The maximum absolute atomic E-state index is 14.9. The number of carbonyl (C=O) groups excluding carboxylic acids is 3. The highest BCUT2D eigenvalue weighted by atomic mass is 32.2. The summed E-state index contributed by atoms with van der Waals surface area (Å²) in [5.74, 6) is -2.18. The molecule has 2 amide bonds. The van der Waals surface area contributed by atoms with E-state index in [9.17, 15) is 19.5 Å². The van der Waals surface area contributed by atoms with Crippen LogP contribution in [-0.2, 0) is 19.1 Å². The fourth-order valence-corrected chi connectivity index (χ4v) is 9.76. The first-order valence-electron chi connectivity index (χ1n) is 14.9. The number of carbonyl (C=O) groups is 3. The topological polar surface area (TPSA) is 87.1 Å². The van der Waals surface area contributed by atoms with Crippen LogP contribution in [0.5, 0.6) is 0 Å². The molecular formula is C33H46N2O5S. The zero-order valence-corrected chi connectivity index (χ0v) is 26.0. The second kappa shape index (κ2) is 12.3. The summed E-state index contributed by atoms with van der Waals surface area (Å²) in [5, 5.41) is 10.5. The Balaban J connectivity index is 1.79. The lowest BCUT2D eigenvalue weighted by molar-refractivity contribution is -0.156. The van der Waals surface area contributed by atoms with E-state index in [0.717, 1.165) is 36.1 Å². The fourth-order valence-electron chi connectivity index (χ4n) is 7.43. The summed E-state index contributed by atoms with van der Waals surface area (Å²) in [6, 6.07) is 4.55. The second-order valence-corrected chi connectivity index (χ2v) is 14.3. The highest BCUT2D eigenvalue weighted by Crippen LogP contribution is 2.72. The van der Waals surface area contributed by atoms with Gasteiger partial charge in [-0.3, -0.25) is 14.4 Å². The van der Waals surface area contributed by atoms with Crippen molar-refractivity contribution in [1.82, 2.24) is 4.90 Å². The van der Waals surface area contributed by atoms with Gasteiger partial charge >= 0.3 is 5.97 Å². The molecule has 2 unspecified atom stereocenters. The highest BCUT2D eigenvalue weighted by Gasteiger charge is 2.78. The number of allylic oxidation sites excluding steroid dienone is 1. The summed E-state index contributed by atoms with van der Waals surface area (Å²) in [6.07, 6.45) is 7.39. The van der Waals surface area contributed by atoms with Crippen LogP contribution in [0, 0.1) is 31.6 Å². The largest absolute Gasteiger partial charge is 0.465 e. The van der Waals surface area contributed by atoms with E-state index < -0.39 is 33.4 Å². The molecule has 0 radical (unpaired) electrons. The first-order valence-corrected chi connectivity index (χ1v) is 15.7. The molecule has 1 spiro atoms. The van der Waals surface area contributed by atoms with Crippen molar-refractivity contribution >= 4 is 35.2 Å². The Kier molecular flexibility index (Phi) is 9.44. The van der Waals surface area contributed by atoms with Gasteiger partial charge in [0.05, 0.1) is 35.8 Å². The van der Waals surface area contributed by atoms with Crippen molar-refractivity contribution in [2.45, 2.75) is 88.3 Å². The molecule has 7 nitrogen and oxygen atoms in total. The Morgan fingerprint density at radius 1 is 1.20 bits per heavy atom. The summed E-state index contributed by atoms with van der Waals surface area (Å²) in [4.78, 5) is 46.5. The van der Waals surface area contributed by atoms with Crippen molar-refractivity contribution in [2.75, 3.05) is 24.7 Å². The summed E-state index contributed by atoms with van der Waals surface area (Å²) in [7, 11) is 0. The molecule has 0 aliphatic carbocycles. The number of hydrogen-bond acceptors (Lipinski definition) is 6. The van der Waals surface area contributed by atoms with Crippen LogP contribution in [-0.4, -0.2) is 69.1 Å². The number of nitrogens with zero attached hydrogens (tertiary/aromatic N) is 2. The van der Waals surface area contributed by atoms with E-state index in [-0.39, 0.29) is 36.9 Å². The minimum atomic E-state index is -0.823. The quantitative estimate of drug-likeness (QED) is 0.195. The average molecular weight is 583 g/mol. The average Bonchev–Trinajstić information content (AvgIpc) is 3.48. The third-order valence-electron chi connectivity index (χ3n) is 9.35. The van der Waals surface area contributed by atoms with Gasteiger partial charge in [0.15, 0.2) is 0 Å². The van der Waals surface area contributed by atoms with Crippen LogP contribution in [0.1, 0.15) is 64.0 Å². The first-order chi connectivity index (χ1) is 19.5. The van der Waals surface area contributed by atoms with Crippen LogP contribution < -0.4 is 4.90 Å². The SMILES string of the molecule is C=CCCCCOC(=O)[C@H]1[C@H]2C(=O)N([C@@H](CO)C(C)C)C(C(=O)N(CC=C)c3c(C)cccc3C)C23CC[C@]1(C)S3. The number of aliphatic hydroxyl groups is 1. The minimum Gasteiger partial charge on any atom is -0.465 e. The van der Waals surface area contributed by atoms with Gasteiger partial charge in [-0.05, 0) is 69.9 Å². The molecule has 1 N–H and O–H groups in total. The number of likely N-dealkylation sites (tertiary alicyclic amines) is 1. The molecule has 0 aromatic heterocycles. The van der Waals surface area contributed by atoms with Crippen LogP contribution in [0.15, 0.2) is 43.5 Å². The number of para-hydroxylation sites is 1. The van der Waals surface area contributed by atoms with Crippen LogP contribution in [0.4, 0.5) is 5.69 Å². The lowest BCUT2D eigenvalue weighted by Gasteiger charge is -2.41. The third kappa shape index (κ3) is 5.27. The highest BCUT2D eigenvalue weighted by molar-refractivity contribution is 8.02.